The summed E-state index contributed by atoms with van der Waals surface area (Å²) in [5.41, 5.74) is 2.50. The van der Waals surface area contributed by atoms with Gasteiger partial charge in [0, 0.05) is 29.4 Å². The first-order chi connectivity index (χ1) is 14.9. The van der Waals surface area contributed by atoms with Crippen molar-refractivity contribution in [1.82, 2.24) is 0 Å². The van der Waals surface area contributed by atoms with E-state index in [1.54, 1.807) is 44.3 Å². The van der Waals surface area contributed by atoms with Gasteiger partial charge in [0.1, 0.15) is 5.84 Å². The molecular formula is C23H22F2N4O2. The van der Waals surface area contributed by atoms with Crippen LogP contribution < -0.4 is 10.2 Å². The van der Waals surface area contributed by atoms with Crippen molar-refractivity contribution in [3.05, 3.63) is 65.4 Å². The van der Waals surface area contributed by atoms with Gasteiger partial charge in [0.25, 0.3) is 0 Å². The Bertz CT molecular complexity index is 1080. The van der Waals surface area contributed by atoms with Crippen LogP contribution in [0.2, 0.25) is 0 Å². The Morgan fingerprint density at radius 3 is 2.55 bits per heavy atom. The Morgan fingerprint density at radius 1 is 1.19 bits per heavy atom. The third-order valence-corrected chi connectivity index (χ3v) is 4.68. The summed E-state index contributed by atoms with van der Waals surface area (Å²) in [5, 5.41) is 2.79. The molecule has 0 radical (unpaired) electrons. The molecule has 3 rings (SSSR count). The third-order valence-electron chi connectivity index (χ3n) is 4.68. The summed E-state index contributed by atoms with van der Waals surface area (Å²) < 4.78 is 26.9. The monoisotopic (exact) mass is 424 g/mol. The van der Waals surface area contributed by atoms with Crippen LogP contribution in [-0.4, -0.2) is 24.4 Å². The van der Waals surface area contributed by atoms with E-state index in [0.717, 1.165) is 30.7 Å². The van der Waals surface area contributed by atoms with Gasteiger partial charge in [-0.25, -0.2) is 13.8 Å². The molecule has 8 heteroatoms. The lowest BCUT2D eigenvalue weighted by atomic mass is 10.2. The molecule has 1 aliphatic heterocycles. The Labute approximate surface area is 179 Å². The summed E-state index contributed by atoms with van der Waals surface area (Å²) in [6.07, 6.45) is 6.29. The number of aliphatic imine (C=N–C) groups is 2. The van der Waals surface area contributed by atoms with Gasteiger partial charge in [-0.15, -0.1) is 0 Å². The number of benzene rings is 2. The highest BCUT2D eigenvalue weighted by Gasteiger charge is 2.13. The van der Waals surface area contributed by atoms with E-state index in [1.807, 2.05) is 6.08 Å². The molecule has 0 saturated carbocycles. The van der Waals surface area contributed by atoms with Crippen LogP contribution >= 0.6 is 0 Å². The van der Waals surface area contributed by atoms with E-state index in [1.165, 1.54) is 4.90 Å². The van der Waals surface area contributed by atoms with Crippen molar-refractivity contribution in [2.45, 2.75) is 33.1 Å². The van der Waals surface area contributed by atoms with Crippen molar-refractivity contribution in [2.75, 3.05) is 10.2 Å². The minimum atomic E-state index is -1.01. The number of carbonyl (C=O) groups excluding carboxylic acids is 2. The summed E-state index contributed by atoms with van der Waals surface area (Å²) in [7, 11) is 0. The number of rotatable bonds is 6. The minimum absolute atomic E-state index is 0.183. The maximum Gasteiger partial charge on any atom is 0.230 e. The predicted molar refractivity (Wildman–Crippen MR) is 118 cm³/mol. The van der Waals surface area contributed by atoms with Crippen molar-refractivity contribution in [3.8, 4) is 0 Å². The molecular weight excluding hydrogens is 402 g/mol. The fraction of sp³-hybridized carbons (Fsp3) is 0.217. The number of halogens is 2. The lowest BCUT2D eigenvalue weighted by molar-refractivity contribution is -0.115. The van der Waals surface area contributed by atoms with Crippen molar-refractivity contribution in [1.29, 1.82) is 0 Å². The van der Waals surface area contributed by atoms with Crippen molar-refractivity contribution < 1.29 is 18.4 Å². The highest BCUT2D eigenvalue weighted by Crippen LogP contribution is 2.24. The fourth-order valence-electron chi connectivity index (χ4n) is 3.06. The SMILES string of the molecule is CC(=Nc1cc(F)c(F)cc1C)N(C=O)c1ccc(NC(=O)CC2=CCCC=N2)cc1. The predicted octanol–water partition coefficient (Wildman–Crippen LogP) is 5.06. The van der Waals surface area contributed by atoms with E-state index < -0.39 is 11.6 Å². The molecule has 1 heterocycles. The molecule has 0 fully saturated rings. The molecule has 0 unspecified atom stereocenters. The van der Waals surface area contributed by atoms with E-state index >= 15 is 0 Å². The number of nitrogens with zero attached hydrogens (tertiary/aromatic N) is 3. The first kappa shape index (κ1) is 22.0. The van der Waals surface area contributed by atoms with Crippen LogP contribution in [0.3, 0.4) is 0 Å². The highest BCUT2D eigenvalue weighted by molar-refractivity contribution is 6.09. The van der Waals surface area contributed by atoms with Crippen LogP contribution in [-0.2, 0) is 9.59 Å². The maximum absolute atomic E-state index is 13.5. The largest absolute Gasteiger partial charge is 0.326 e. The Morgan fingerprint density at radius 2 is 1.90 bits per heavy atom. The van der Waals surface area contributed by atoms with Gasteiger partial charge in [-0.2, -0.15) is 0 Å². The van der Waals surface area contributed by atoms with Crippen molar-refractivity contribution in [2.24, 2.45) is 9.98 Å². The van der Waals surface area contributed by atoms with Crippen molar-refractivity contribution in [3.63, 3.8) is 0 Å². The standard InChI is InChI=1S/C23H22F2N4O2/c1-15-11-20(24)21(25)13-22(15)27-16(2)29(14-30)19-8-6-17(7-9-19)28-23(31)12-18-5-3-4-10-26-18/h5-11,13-14H,3-4,12H2,1-2H3,(H,28,31). The van der Waals surface area contributed by atoms with Gasteiger partial charge >= 0.3 is 0 Å². The number of anilines is 2. The van der Waals surface area contributed by atoms with Gasteiger partial charge in [-0.05, 0) is 62.6 Å². The molecule has 0 aliphatic carbocycles. The molecule has 0 saturated heterocycles. The molecule has 0 bridgehead atoms. The molecule has 31 heavy (non-hydrogen) atoms. The van der Waals surface area contributed by atoms with Crippen LogP contribution in [0.4, 0.5) is 25.8 Å². The first-order valence-corrected chi connectivity index (χ1v) is 9.74. The molecule has 1 N–H and O–H groups in total. The number of allylic oxidation sites excluding steroid dienone is 1. The van der Waals surface area contributed by atoms with Crippen LogP contribution in [0, 0.1) is 18.6 Å². The van der Waals surface area contributed by atoms with Gasteiger partial charge in [0.2, 0.25) is 12.3 Å². The van der Waals surface area contributed by atoms with E-state index in [2.05, 4.69) is 15.3 Å². The van der Waals surface area contributed by atoms with Crippen LogP contribution in [0.25, 0.3) is 0 Å². The summed E-state index contributed by atoms with van der Waals surface area (Å²) in [6, 6.07) is 8.68. The van der Waals surface area contributed by atoms with Gasteiger partial charge in [0.05, 0.1) is 12.1 Å². The summed E-state index contributed by atoms with van der Waals surface area (Å²) in [5.74, 6) is -1.87. The topological polar surface area (TPSA) is 74.1 Å². The maximum atomic E-state index is 13.5. The molecule has 2 amide bonds. The van der Waals surface area contributed by atoms with Gasteiger partial charge < -0.3 is 5.32 Å². The van der Waals surface area contributed by atoms with Crippen LogP contribution in [0.15, 0.2) is 58.2 Å². The summed E-state index contributed by atoms with van der Waals surface area (Å²) in [4.78, 5) is 33.6. The summed E-state index contributed by atoms with van der Waals surface area (Å²) >= 11 is 0. The normalized spacial score (nSPS) is 13.5. The minimum Gasteiger partial charge on any atom is -0.326 e. The number of carbonyl (C=O) groups is 2. The van der Waals surface area contributed by atoms with Crippen LogP contribution in [0.1, 0.15) is 31.7 Å². The molecule has 0 atom stereocenters. The zero-order valence-corrected chi connectivity index (χ0v) is 17.2. The number of aryl methyl sites for hydroxylation is 1. The number of hydrogen-bond donors (Lipinski definition) is 1. The van der Waals surface area contributed by atoms with Gasteiger partial charge in [0.15, 0.2) is 11.6 Å². The van der Waals surface area contributed by atoms with Gasteiger partial charge in [-0.1, -0.05) is 6.08 Å². The van der Waals surface area contributed by atoms with E-state index in [-0.39, 0.29) is 23.9 Å². The van der Waals surface area contributed by atoms with Crippen molar-refractivity contribution >= 4 is 41.4 Å². The second-order valence-electron chi connectivity index (χ2n) is 7.04. The number of amides is 2. The number of nitrogens with one attached hydrogen (secondary N) is 1. The van der Waals surface area contributed by atoms with Crippen LogP contribution in [0.5, 0.6) is 0 Å². The number of amidine groups is 1. The lowest BCUT2D eigenvalue weighted by Crippen LogP contribution is -2.26. The first-order valence-electron chi connectivity index (χ1n) is 9.74. The quantitative estimate of drug-likeness (QED) is 0.400. The molecule has 0 spiro atoms. The number of hydrogen-bond acceptors (Lipinski definition) is 4. The second-order valence-corrected chi connectivity index (χ2v) is 7.04. The second kappa shape index (κ2) is 9.88. The Balaban J connectivity index is 1.71. The zero-order chi connectivity index (χ0) is 22.4. The smallest absolute Gasteiger partial charge is 0.230 e. The molecule has 2 aromatic rings. The molecule has 6 nitrogen and oxygen atoms in total. The molecule has 160 valence electrons. The molecule has 1 aliphatic rings. The zero-order valence-electron chi connectivity index (χ0n) is 17.2. The summed E-state index contributed by atoms with van der Waals surface area (Å²) in [6.45, 7) is 3.19. The van der Waals surface area contributed by atoms with E-state index in [4.69, 9.17) is 0 Å². The third kappa shape index (κ3) is 5.69. The van der Waals surface area contributed by atoms with Gasteiger partial charge in [-0.3, -0.25) is 19.5 Å². The Kier molecular flexibility index (Phi) is 7.02. The highest BCUT2D eigenvalue weighted by atomic mass is 19.2. The lowest BCUT2D eigenvalue weighted by Gasteiger charge is -2.18. The van der Waals surface area contributed by atoms with E-state index in [9.17, 15) is 18.4 Å². The molecule has 0 aromatic heterocycles. The Hall–Kier alpha value is -3.68. The average Bonchev–Trinajstić information content (AvgIpc) is 2.74. The average molecular weight is 424 g/mol. The fourth-order valence-corrected chi connectivity index (χ4v) is 3.06. The molecule has 2 aromatic carbocycles. The van der Waals surface area contributed by atoms with E-state index in [0.29, 0.717) is 23.3 Å².